The summed E-state index contributed by atoms with van der Waals surface area (Å²) < 4.78 is 94.9. The van der Waals surface area contributed by atoms with Crippen LogP contribution in [0.2, 0.25) is 0 Å². The molecule has 0 aliphatic heterocycles. The fourth-order valence-electron chi connectivity index (χ4n) is 1.24. The minimum absolute atomic E-state index is 0.360. The molecule has 5 nitrogen and oxygen atoms in total. The molecule has 0 bridgehead atoms. The molecule has 0 unspecified atom stereocenters. The van der Waals surface area contributed by atoms with Crippen LogP contribution in [0.25, 0.3) is 0 Å². The fourth-order valence-corrected chi connectivity index (χ4v) is 1.24. The van der Waals surface area contributed by atoms with Gasteiger partial charge < -0.3 is 9.64 Å². The van der Waals surface area contributed by atoms with E-state index in [1.807, 2.05) is 0 Å². The summed E-state index contributed by atoms with van der Waals surface area (Å²) in [6, 6.07) is 0. The molecule has 0 aliphatic rings. The van der Waals surface area contributed by atoms with Gasteiger partial charge in [0.05, 0.1) is 6.61 Å². The number of rotatable bonds is 7. The van der Waals surface area contributed by atoms with Gasteiger partial charge in [0, 0.05) is 19.8 Å². The second kappa shape index (κ2) is 7.36. The van der Waals surface area contributed by atoms with E-state index in [-0.39, 0.29) is 6.61 Å². The first-order valence-corrected chi connectivity index (χ1v) is 6.21. The van der Waals surface area contributed by atoms with E-state index in [0.717, 1.165) is 11.8 Å². The molecular weight excluding hydrogens is 355 g/mol. The van der Waals surface area contributed by atoms with Crippen LogP contribution < -0.4 is 0 Å². The van der Waals surface area contributed by atoms with E-state index in [9.17, 15) is 40.3 Å². The molecule has 0 heterocycles. The van der Waals surface area contributed by atoms with Crippen LogP contribution in [-0.2, 0) is 19.1 Å². The van der Waals surface area contributed by atoms with E-state index >= 15 is 0 Å². The Morgan fingerprint density at radius 3 is 1.79 bits per heavy atom. The molecule has 0 N–H and O–H groups in total. The molecule has 0 aromatic heterocycles. The van der Waals surface area contributed by atoms with Crippen molar-refractivity contribution < 1.29 is 49.8 Å². The van der Waals surface area contributed by atoms with Crippen molar-refractivity contribution in [3.63, 3.8) is 0 Å². The van der Waals surface area contributed by atoms with E-state index in [2.05, 4.69) is 9.47 Å². The molecule has 0 radical (unpaired) electrons. The summed E-state index contributed by atoms with van der Waals surface area (Å²) in [7, 11) is 2.43. The summed E-state index contributed by atoms with van der Waals surface area (Å²) in [5.74, 6) is -4.30. The van der Waals surface area contributed by atoms with Crippen LogP contribution in [0.5, 0.6) is 0 Å². The summed E-state index contributed by atoms with van der Waals surface area (Å²) in [4.78, 5) is 24.3. The average Bonchev–Trinajstić information content (AvgIpc) is 2.36. The number of carbonyl (C=O) groups excluding carboxylic acids is 2. The monoisotopic (exact) mass is 369 g/mol. The molecule has 12 heteroatoms. The van der Waals surface area contributed by atoms with Crippen molar-refractivity contribution >= 4 is 11.8 Å². The summed E-state index contributed by atoms with van der Waals surface area (Å²) in [6.45, 7) is 1.89. The van der Waals surface area contributed by atoms with Crippen molar-refractivity contribution in [3.8, 4) is 0 Å². The van der Waals surface area contributed by atoms with E-state index < -0.39 is 41.4 Å². The van der Waals surface area contributed by atoms with Crippen LogP contribution in [0, 0.1) is 0 Å². The number of ether oxygens (including phenoxy) is 2. The number of hydrogen-bond donors (Lipinski definition) is 0. The minimum atomic E-state index is -6.49. The average molecular weight is 369 g/mol. The Balaban J connectivity index is 5.89. The second-order valence-corrected chi connectivity index (χ2v) is 4.54. The van der Waals surface area contributed by atoms with Crippen LogP contribution in [0.4, 0.5) is 30.7 Å². The standard InChI is InChI=1S/C12H14F7NO4/c1-5-23-9(22)7(6(2)20(3)4)8(21)10(13,14)24-12(18,19)11(15,16)17/h5H2,1-4H3/b7-6-. The maximum atomic E-state index is 13.5. The third kappa shape index (κ3) is 5.08. The molecule has 0 aliphatic carbocycles. The van der Waals surface area contributed by atoms with E-state index in [4.69, 9.17) is 0 Å². The Morgan fingerprint density at radius 2 is 1.46 bits per heavy atom. The topological polar surface area (TPSA) is 55.8 Å². The number of halogens is 7. The zero-order valence-electron chi connectivity index (χ0n) is 12.9. The van der Waals surface area contributed by atoms with Gasteiger partial charge in [-0.1, -0.05) is 0 Å². The van der Waals surface area contributed by atoms with Crippen molar-refractivity contribution in [2.75, 3.05) is 20.7 Å². The highest BCUT2D eigenvalue weighted by Crippen LogP contribution is 2.41. The lowest BCUT2D eigenvalue weighted by molar-refractivity contribution is -0.444. The first-order chi connectivity index (χ1) is 10.6. The summed E-state index contributed by atoms with van der Waals surface area (Å²) in [5.41, 5.74) is -1.86. The smallest absolute Gasteiger partial charge is 0.462 e. The third-order valence-electron chi connectivity index (χ3n) is 2.59. The predicted octanol–water partition coefficient (Wildman–Crippen LogP) is 2.72. The van der Waals surface area contributed by atoms with Crippen molar-refractivity contribution in [3.05, 3.63) is 11.3 Å². The Bertz CT molecular complexity index is 526. The van der Waals surface area contributed by atoms with Gasteiger partial charge in [-0.3, -0.25) is 4.79 Å². The summed E-state index contributed by atoms with van der Waals surface area (Å²) in [6.07, 6.45) is -18.4. The van der Waals surface area contributed by atoms with Gasteiger partial charge in [-0.25, -0.2) is 9.53 Å². The van der Waals surface area contributed by atoms with Gasteiger partial charge in [-0.2, -0.15) is 30.7 Å². The molecule has 0 amide bonds. The molecular formula is C12H14F7NO4. The molecule has 0 atom stereocenters. The minimum Gasteiger partial charge on any atom is -0.462 e. The molecule has 0 fully saturated rings. The van der Waals surface area contributed by atoms with Crippen molar-refractivity contribution in [1.82, 2.24) is 4.90 Å². The van der Waals surface area contributed by atoms with Crippen LogP contribution in [0.15, 0.2) is 11.3 Å². The van der Waals surface area contributed by atoms with Crippen molar-refractivity contribution in [2.24, 2.45) is 0 Å². The zero-order chi connectivity index (χ0) is 19.5. The summed E-state index contributed by atoms with van der Waals surface area (Å²) >= 11 is 0. The summed E-state index contributed by atoms with van der Waals surface area (Å²) in [5, 5.41) is 0. The lowest BCUT2D eigenvalue weighted by Gasteiger charge is -2.25. The molecule has 0 spiro atoms. The Hall–Kier alpha value is -1.85. The SMILES string of the molecule is CCOC(=O)/C(C(=O)C(F)(F)OC(F)(F)C(F)(F)F)=C(/C)N(C)C. The lowest BCUT2D eigenvalue weighted by atomic mass is 10.1. The van der Waals surface area contributed by atoms with E-state index in [1.165, 1.54) is 21.0 Å². The predicted molar refractivity (Wildman–Crippen MR) is 65.1 cm³/mol. The largest absolute Gasteiger partial charge is 0.483 e. The Labute approximate surface area is 132 Å². The molecule has 0 saturated carbocycles. The number of Topliss-reactive ketones (excluding diaryl/α,β-unsaturated/α-hetero) is 1. The van der Waals surface area contributed by atoms with Crippen LogP contribution in [-0.4, -0.2) is 55.7 Å². The normalized spacial score (nSPS) is 14.1. The van der Waals surface area contributed by atoms with Crippen molar-refractivity contribution in [1.29, 1.82) is 0 Å². The molecule has 0 saturated heterocycles. The highest BCUT2D eigenvalue weighted by molar-refractivity contribution is 6.20. The second-order valence-electron chi connectivity index (χ2n) is 4.54. The fraction of sp³-hybridized carbons (Fsp3) is 0.667. The first-order valence-electron chi connectivity index (χ1n) is 6.21. The first kappa shape index (κ1) is 22.1. The number of ketones is 1. The zero-order valence-corrected chi connectivity index (χ0v) is 12.9. The number of allylic oxidation sites excluding steroid dienone is 1. The molecule has 140 valence electrons. The van der Waals surface area contributed by atoms with Gasteiger partial charge in [0.15, 0.2) is 0 Å². The number of nitrogens with zero attached hydrogens (tertiary/aromatic N) is 1. The van der Waals surface area contributed by atoms with E-state index in [1.54, 1.807) is 0 Å². The van der Waals surface area contributed by atoms with Crippen LogP contribution >= 0.6 is 0 Å². The van der Waals surface area contributed by atoms with Crippen LogP contribution in [0.1, 0.15) is 13.8 Å². The van der Waals surface area contributed by atoms with E-state index in [0.29, 0.717) is 0 Å². The van der Waals surface area contributed by atoms with Gasteiger partial charge in [-0.15, -0.1) is 0 Å². The molecule has 0 rings (SSSR count). The number of esters is 1. The van der Waals surface area contributed by atoms with Crippen LogP contribution in [0.3, 0.4) is 0 Å². The number of alkyl halides is 7. The molecule has 0 aromatic carbocycles. The van der Waals surface area contributed by atoms with Gasteiger partial charge in [0.25, 0.3) is 5.78 Å². The Morgan fingerprint density at radius 1 is 1.00 bits per heavy atom. The van der Waals surface area contributed by atoms with Gasteiger partial charge in [0.2, 0.25) is 0 Å². The third-order valence-corrected chi connectivity index (χ3v) is 2.59. The highest BCUT2D eigenvalue weighted by atomic mass is 19.4. The molecule has 0 aromatic rings. The highest BCUT2D eigenvalue weighted by Gasteiger charge is 2.66. The lowest BCUT2D eigenvalue weighted by Crippen LogP contribution is -2.48. The van der Waals surface area contributed by atoms with Gasteiger partial charge in [-0.05, 0) is 13.8 Å². The number of carbonyl (C=O) groups is 2. The van der Waals surface area contributed by atoms with Gasteiger partial charge >= 0.3 is 24.4 Å². The van der Waals surface area contributed by atoms with Gasteiger partial charge in [0.1, 0.15) is 5.57 Å². The number of hydrogen-bond acceptors (Lipinski definition) is 5. The molecule has 24 heavy (non-hydrogen) atoms. The maximum absolute atomic E-state index is 13.5. The van der Waals surface area contributed by atoms with Crippen molar-refractivity contribution in [2.45, 2.75) is 32.2 Å². The maximum Gasteiger partial charge on any atom is 0.483 e. The quantitative estimate of drug-likeness (QED) is 0.227. The Kier molecular flexibility index (Phi) is 6.80.